The molecule has 0 amide bonds. The van der Waals surface area contributed by atoms with Crippen molar-refractivity contribution in [2.75, 3.05) is 26.0 Å². The number of nitrogens with one attached hydrogen (secondary N) is 1. The van der Waals surface area contributed by atoms with E-state index in [1.807, 2.05) is 0 Å². The highest BCUT2D eigenvalue weighted by Crippen LogP contribution is 2.24. The number of hydrogen-bond acceptors (Lipinski definition) is 4. The van der Waals surface area contributed by atoms with E-state index in [0.717, 1.165) is 31.7 Å². The smallest absolute Gasteiger partial charge is 0.264 e. The summed E-state index contributed by atoms with van der Waals surface area (Å²) in [6.07, 6.45) is 4.32. The molecule has 0 unspecified atom stereocenters. The highest BCUT2D eigenvalue weighted by atomic mass is 32.2. The van der Waals surface area contributed by atoms with Crippen molar-refractivity contribution < 1.29 is 12.6 Å². The van der Waals surface area contributed by atoms with Crippen LogP contribution in [-0.4, -0.2) is 34.4 Å². The molecule has 1 fully saturated rings. The minimum Gasteiger partial charge on any atom is -0.317 e. The molecule has 0 saturated carbocycles. The van der Waals surface area contributed by atoms with E-state index >= 15 is 0 Å². The van der Waals surface area contributed by atoms with Gasteiger partial charge in [0.05, 0.1) is 12.9 Å². The Bertz CT molecular complexity index is 270. The van der Waals surface area contributed by atoms with Gasteiger partial charge in [-0.15, -0.1) is 0 Å². The monoisotopic (exact) mass is 235 g/mol. The molecule has 0 radical (unpaired) electrons. The van der Waals surface area contributed by atoms with Crippen molar-refractivity contribution in [1.82, 2.24) is 5.32 Å². The van der Waals surface area contributed by atoms with Gasteiger partial charge in [-0.25, -0.2) is 0 Å². The Labute approximate surface area is 92.5 Å². The van der Waals surface area contributed by atoms with Crippen LogP contribution in [0.1, 0.15) is 26.2 Å². The first-order valence-corrected chi connectivity index (χ1v) is 7.36. The zero-order valence-electron chi connectivity index (χ0n) is 9.53. The molecule has 0 aliphatic carbocycles. The molecule has 1 aliphatic heterocycles. The van der Waals surface area contributed by atoms with Gasteiger partial charge in [0.15, 0.2) is 0 Å². The van der Waals surface area contributed by atoms with Crippen molar-refractivity contribution in [3.8, 4) is 0 Å². The molecule has 1 rings (SSSR count). The van der Waals surface area contributed by atoms with Crippen molar-refractivity contribution >= 4 is 10.1 Å². The fourth-order valence-corrected chi connectivity index (χ4v) is 2.43. The Morgan fingerprint density at radius 3 is 2.53 bits per heavy atom. The summed E-state index contributed by atoms with van der Waals surface area (Å²) in [5.41, 5.74) is 0. The highest BCUT2D eigenvalue weighted by Gasteiger charge is 2.19. The number of piperidine rings is 1. The zero-order valence-corrected chi connectivity index (χ0v) is 10.3. The van der Waals surface area contributed by atoms with E-state index in [-0.39, 0.29) is 0 Å². The largest absolute Gasteiger partial charge is 0.317 e. The average Bonchev–Trinajstić information content (AvgIpc) is 2.17. The Morgan fingerprint density at radius 1 is 1.40 bits per heavy atom. The molecule has 0 bridgehead atoms. The van der Waals surface area contributed by atoms with E-state index in [2.05, 4.69) is 12.2 Å². The molecule has 1 N–H and O–H groups in total. The third-order valence-corrected chi connectivity index (χ3v) is 3.65. The normalized spacial score (nSPS) is 21.5. The fraction of sp³-hybridized carbons (Fsp3) is 1.00. The lowest BCUT2D eigenvalue weighted by atomic mass is 9.84. The summed E-state index contributed by atoms with van der Waals surface area (Å²) in [7, 11) is -3.26. The predicted molar refractivity (Wildman–Crippen MR) is 60.2 cm³/mol. The van der Waals surface area contributed by atoms with Crippen molar-refractivity contribution in [2.45, 2.75) is 26.2 Å². The lowest BCUT2D eigenvalue weighted by Crippen LogP contribution is -2.31. The Morgan fingerprint density at radius 2 is 2.00 bits per heavy atom. The van der Waals surface area contributed by atoms with Gasteiger partial charge in [-0.2, -0.15) is 8.42 Å². The van der Waals surface area contributed by atoms with Gasteiger partial charge >= 0.3 is 0 Å². The van der Waals surface area contributed by atoms with E-state index in [0.29, 0.717) is 12.5 Å². The molecule has 15 heavy (non-hydrogen) atoms. The Hall–Kier alpha value is -0.130. The predicted octanol–water partition coefficient (Wildman–Crippen LogP) is 0.988. The van der Waals surface area contributed by atoms with Gasteiger partial charge < -0.3 is 5.32 Å². The van der Waals surface area contributed by atoms with Gasteiger partial charge in [-0.1, -0.05) is 6.92 Å². The van der Waals surface area contributed by atoms with Crippen LogP contribution in [0.3, 0.4) is 0 Å². The molecule has 0 aromatic heterocycles. The van der Waals surface area contributed by atoms with Gasteiger partial charge in [0.2, 0.25) is 0 Å². The molecule has 1 heterocycles. The zero-order chi connectivity index (χ0) is 11.3. The highest BCUT2D eigenvalue weighted by molar-refractivity contribution is 7.85. The van der Waals surface area contributed by atoms with Gasteiger partial charge in [-0.05, 0) is 44.2 Å². The average molecular weight is 235 g/mol. The van der Waals surface area contributed by atoms with Crippen LogP contribution in [-0.2, 0) is 14.3 Å². The second-order valence-corrected chi connectivity index (χ2v) is 6.02. The van der Waals surface area contributed by atoms with Crippen molar-refractivity contribution in [2.24, 2.45) is 11.8 Å². The third kappa shape index (κ3) is 5.49. The summed E-state index contributed by atoms with van der Waals surface area (Å²) in [5, 5.41) is 3.32. The summed E-state index contributed by atoms with van der Waals surface area (Å²) in [5.74, 6) is 1.27. The molecular weight excluding hydrogens is 214 g/mol. The van der Waals surface area contributed by atoms with Crippen LogP contribution in [0.5, 0.6) is 0 Å². The SMILES string of the molecule is C[C@H](CCOS(C)(=O)=O)C1CCNCC1. The molecule has 1 saturated heterocycles. The quantitative estimate of drug-likeness (QED) is 0.722. The van der Waals surface area contributed by atoms with Crippen molar-refractivity contribution in [3.05, 3.63) is 0 Å². The lowest BCUT2D eigenvalue weighted by molar-refractivity contribution is 0.219. The summed E-state index contributed by atoms with van der Waals surface area (Å²) < 4.78 is 26.3. The second-order valence-electron chi connectivity index (χ2n) is 4.38. The summed E-state index contributed by atoms with van der Waals surface area (Å²) in [6, 6.07) is 0. The summed E-state index contributed by atoms with van der Waals surface area (Å²) in [4.78, 5) is 0. The number of rotatable bonds is 5. The van der Waals surface area contributed by atoms with E-state index in [9.17, 15) is 8.42 Å². The minimum absolute atomic E-state index is 0.323. The van der Waals surface area contributed by atoms with E-state index in [1.54, 1.807) is 0 Å². The van der Waals surface area contributed by atoms with Crippen LogP contribution in [0.25, 0.3) is 0 Å². The standard InChI is InChI=1S/C10H21NO3S/c1-9(5-8-14-15(2,12)13)10-3-6-11-7-4-10/h9-11H,3-8H2,1-2H3/t9-/m1/s1. The van der Waals surface area contributed by atoms with Crippen LogP contribution in [0.2, 0.25) is 0 Å². The fourth-order valence-electron chi connectivity index (χ4n) is 2.03. The van der Waals surface area contributed by atoms with E-state index < -0.39 is 10.1 Å². The lowest BCUT2D eigenvalue weighted by Gasteiger charge is -2.28. The van der Waals surface area contributed by atoms with E-state index in [1.165, 1.54) is 12.8 Å². The molecule has 0 aromatic rings. The van der Waals surface area contributed by atoms with Crippen LogP contribution < -0.4 is 5.32 Å². The first kappa shape index (κ1) is 12.9. The third-order valence-electron chi connectivity index (χ3n) is 3.06. The van der Waals surface area contributed by atoms with Crippen LogP contribution in [0.15, 0.2) is 0 Å². The van der Waals surface area contributed by atoms with Gasteiger partial charge in [0, 0.05) is 0 Å². The van der Waals surface area contributed by atoms with Gasteiger partial charge in [-0.3, -0.25) is 4.18 Å². The number of hydrogen-bond donors (Lipinski definition) is 1. The molecule has 0 aromatic carbocycles. The molecule has 5 heteroatoms. The summed E-state index contributed by atoms with van der Waals surface area (Å²) in [6.45, 7) is 4.68. The first-order chi connectivity index (χ1) is 6.99. The Kier molecular flexibility index (Phi) is 5.02. The molecule has 0 spiro atoms. The van der Waals surface area contributed by atoms with Gasteiger partial charge in [0.1, 0.15) is 0 Å². The van der Waals surface area contributed by atoms with E-state index in [4.69, 9.17) is 4.18 Å². The summed E-state index contributed by atoms with van der Waals surface area (Å²) >= 11 is 0. The maximum Gasteiger partial charge on any atom is 0.264 e. The molecule has 1 aliphatic rings. The molecule has 4 nitrogen and oxygen atoms in total. The maximum absolute atomic E-state index is 10.8. The molecule has 90 valence electrons. The van der Waals surface area contributed by atoms with Crippen LogP contribution in [0.4, 0.5) is 0 Å². The van der Waals surface area contributed by atoms with Crippen LogP contribution in [0, 0.1) is 11.8 Å². The van der Waals surface area contributed by atoms with Crippen LogP contribution >= 0.6 is 0 Å². The minimum atomic E-state index is -3.26. The Balaban J connectivity index is 2.20. The first-order valence-electron chi connectivity index (χ1n) is 5.54. The van der Waals surface area contributed by atoms with Crippen molar-refractivity contribution in [3.63, 3.8) is 0 Å². The molecule has 1 atom stereocenters. The maximum atomic E-state index is 10.8. The molecular formula is C10H21NO3S. The second kappa shape index (κ2) is 5.82. The van der Waals surface area contributed by atoms with Gasteiger partial charge in [0.25, 0.3) is 10.1 Å². The van der Waals surface area contributed by atoms with Crippen molar-refractivity contribution in [1.29, 1.82) is 0 Å². The topological polar surface area (TPSA) is 55.4 Å².